The average molecular weight is 216 g/mol. The summed E-state index contributed by atoms with van der Waals surface area (Å²) in [6.45, 7) is 0.436. The van der Waals surface area contributed by atoms with Crippen molar-refractivity contribution in [2.24, 2.45) is 0 Å². The van der Waals surface area contributed by atoms with Crippen molar-refractivity contribution in [1.82, 2.24) is 0 Å². The summed E-state index contributed by atoms with van der Waals surface area (Å²) in [7, 11) is 0. The molecule has 0 radical (unpaired) electrons. The Morgan fingerprint density at radius 2 is 1.25 bits per heavy atom. The monoisotopic (exact) mass is 216 g/mol. The molecule has 2 N–H and O–H groups in total. The van der Waals surface area contributed by atoms with Crippen LogP contribution in [0, 0.1) is 0 Å². The van der Waals surface area contributed by atoms with Crippen molar-refractivity contribution in [2.45, 2.75) is 6.61 Å². The van der Waals surface area contributed by atoms with E-state index in [1.807, 2.05) is 0 Å². The van der Waals surface area contributed by atoms with Gasteiger partial charge < -0.3 is 14.9 Å². The molecule has 3 heteroatoms. The van der Waals surface area contributed by atoms with Crippen molar-refractivity contribution in [1.29, 1.82) is 0 Å². The standard InChI is InChI=1S/C13H12O3/c14-11-3-1-10(2-4-11)9-16-13-7-5-12(15)6-8-13/h1-8,14-15H,9H2. The lowest BCUT2D eigenvalue weighted by atomic mass is 10.2. The van der Waals surface area contributed by atoms with Crippen molar-refractivity contribution < 1.29 is 14.9 Å². The maximum Gasteiger partial charge on any atom is 0.120 e. The Kier molecular flexibility index (Phi) is 2.96. The van der Waals surface area contributed by atoms with Gasteiger partial charge in [-0.2, -0.15) is 0 Å². The van der Waals surface area contributed by atoms with Gasteiger partial charge in [0.05, 0.1) is 0 Å². The molecular formula is C13H12O3. The van der Waals surface area contributed by atoms with Gasteiger partial charge in [0.15, 0.2) is 0 Å². The number of ether oxygens (including phenoxy) is 1. The van der Waals surface area contributed by atoms with Crippen molar-refractivity contribution in [2.75, 3.05) is 0 Å². The van der Waals surface area contributed by atoms with Crippen molar-refractivity contribution >= 4 is 0 Å². The van der Waals surface area contributed by atoms with E-state index in [4.69, 9.17) is 14.9 Å². The summed E-state index contributed by atoms with van der Waals surface area (Å²) < 4.78 is 5.49. The van der Waals surface area contributed by atoms with Crippen LogP contribution < -0.4 is 4.74 Å². The van der Waals surface area contributed by atoms with Crippen LogP contribution in [0.1, 0.15) is 5.56 Å². The van der Waals surface area contributed by atoms with E-state index in [-0.39, 0.29) is 11.5 Å². The molecule has 2 aromatic carbocycles. The molecule has 0 saturated carbocycles. The number of rotatable bonds is 3. The zero-order chi connectivity index (χ0) is 11.4. The molecule has 0 spiro atoms. The van der Waals surface area contributed by atoms with Crippen LogP contribution in [0.2, 0.25) is 0 Å². The van der Waals surface area contributed by atoms with Gasteiger partial charge in [0.25, 0.3) is 0 Å². The second-order valence-electron chi connectivity index (χ2n) is 3.45. The van der Waals surface area contributed by atoms with Gasteiger partial charge >= 0.3 is 0 Å². The lowest BCUT2D eigenvalue weighted by Crippen LogP contribution is -1.94. The van der Waals surface area contributed by atoms with Gasteiger partial charge in [-0.25, -0.2) is 0 Å². The number of hydrogen-bond acceptors (Lipinski definition) is 3. The molecule has 82 valence electrons. The molecule has 16 heavy (non-hydrogen) atoms. The smallest absolute Gasteiger partial charge is 0.120 e. The number of phenols is 2. The molecule has 0 heterocycles. The van der Waals surface area contributed by atoms with Crippen molar-refractivity contribution in [3.63, 3.8) is 0 Å². The van der Waals surface area contributed by atoms with Gasteiger partial charge in [0.1, 0.15) is 23.9 Å². The summed E-state index contributed by atoms with van der Waals surface area (Å²) in [5.41, 5.74) is 0.978. The highest BCUT2D eigenvalue weighted by atomic mass is 16.5. The number of phenolic OH excluding ortho intramolecular Hbond substituents is 2. The quantitative estimate of drug-likeness (QED) is 0.829. The Morgan fingerprint density at radius 3 is 1.81 bits per heavy atom. The summed E-state index contributed by atoms with van der Waals surface area (Å²) in [5.74, 6) is 1.16. The first-order valence-electron chi connectivity index (χ1n) is 4.94. The molecule has 0 unspecified atom stereocenters. The van der Waals surface area contributed by atoms with E-state index in [1.165, 1.54) is 0 Å². The lowest BCUT2D eigenvalue weighted by Gasteiger charge is -2.06. The molecular weight excluding hydrogens is 204 g/mol. The molecule has 0 fully saturated rings. The van der Waals surface area contributed by atoms with Gasteiger partial charge in [0.2, 0.25) is 0 Å². The highest BCUT2D eigenvalue weighted by Gasteiger charge is 1.96. The van der Waals surface area contributed by atoms with Crippen LogP contribution in [0.25, 0.3) is 0 Å². The van der Waals surface area contributed by atoms with E-state index in [0.29, 0.717) is 12.4 Å². The van der Waals surface area contributed by atoms with Gasteiger partial charge in [-0.05, 0) is 42.0 Å². The average Bonchev–Trinajstić information content (AvgIpc) is 2.30. The Balaban J connectivity index is 1.97. The second kappa shape index (κ2) is 4.57. The number of hydrogen-bond donors (Lipinski definition) is 2. The van der Waals surface area contributed by atoms with Crippen molar-refractivity contribution in [3.8, 4) is 17.2 Å². The first-order chi connectivity index (χ1) is 7.74. The summed E-state index contributed by atoms with van der Waals surface area (Å²) in [6.07, 6.45) is 0. The van der Waals surface area contributed by atoms with Crippen LogP contribution in [-0.2, 0) is 6.61 Å². The zero-order valence-corrected chi connectivity index (χ0v) is 8.63. The third kappa shape index (κ3) is 2.67. The third-order valence-corrected chi connectivity index (χ3v) is 2.18. The minimum absolute atomic E-state index is 0.219. The highest BCUT2D eigenvalue weighted by molar-refractivity contribution is 5.31. The van der Waals surface area contributed by atoms with E-state index < -0.39 is 0 Å². The van der Waals surface area contributed by atoms with Gasteiger partial charge in [-0.15, -0.1) is 0 Å². The Morgan fingerprint density at radius 1 is 0.750 bits per heavy atom. The summed E-state index contributed by atoms with van der Waals surface area (Å²) in [5, 5.41) is 18.2. The van der Waals surface area contributed by atoms with Crippen LogP contribution in [-0.4, -0.2) is 10.2 Å². The van der Waals surface area contributed by atoms with Crippen LogP contribution in [0.4, 0.5) is 0 Å². The molecule has 0 amide bonds. The fourth-order valence-electron chi connectivity index (χ4n) is 1.30. The van der Waals surface area contributed by atoms with Crippen LogP contribution >= 0.6 is 0 Å². The predicted molar refractivity (Wildman–Crippen MR) is 60.5 cm³/mol. The van der Waals surface area contributed by atoms with E-state index in [1.54, 1.807) is 48.5 Å². The fraction of sp³-hybridized carbons (Fsp3) is 0.0769. The number of benzene rings is 2. The molecule has 0 saturated heterocycles. The van der Waals surface area contributed by atoms with Crippen molar-refractivity contribution in [3.05, 3.63) is 54.1 Å². The predicted octanol–water partition coefficient (Wildman–Crippen LogP) is 2.68. The normalized spacial score (nSPS) is 10.0. The summed E-state index contributed by atoms with van der Waals surface area (Å²) in [4.78, 5) is 0. The Hall–Kier alpha value is -2.16. The minimum atomic E-state index is 0.219. The minimum Gasteiger partial charge on any atom is -0.508 e. The van der Waals surface area contributed by atoms with Crippen LogP contribution in [0.15, 0.2) is 48.5 Å². The molecule has 2 rings (SSSR count). The second-order valence-corrected chi connectivity index (χ2v) is 3.45. The molecule has 3 nitrogen and oxygen atoms in total. The Labute approximate surface area is 93.6 Å². The van der Waals surface area contributed by atoms with E-state index in [0.717, 1.165) is 5.56 Å². The SMILES string of the molecule is Oc1ccc(COc2ccc(O)cc2)cc1. The summed E-state index contributed by atoms with van der Waals surface area (Å²) in [6, 6.07) is 13.4. The molecule has 2 aromatic rings. The van der Waals surface area contributed by atoms with Crippen LogP contribution in [0.5, 0.6) is 17.2 Å². The highest BCUT2D eigenvalue weighted by Crippen LogP contribution is 2.17. The number of aromatic hydroxyl groups is 2. The molecule has 0 bridgehead atoms. The van der Waals surface area contributed by atoms with E-state index in [2.05, 4.69) is 0 Å². The molecule has 0 aromatic heterocycles. The topological polar surface area (TPSA) is 49.7 Å². The molecule has 0 aliphatic heterocycles. The maximum atomic E-state index is 9.10. The molecule has 0 atom stereocenters. The first kappa shape index (κ1) is 10.4. The van der Waals surface area contributed by atoms with Gasteiger partial charge in [0, 0.05) is 0 Å². The first-order valence-corrected chi connectivity index (χ1v) is 4.94. The maximum absolute atomic E-state index is 9.10. The van der Waals surface area contributed by atoms with E-state index in [9.17, 15) is 0 Å². The largest absolute Gasteiger partial charge is 0.508 e. The lowest BCUT2D eigenvalue weighted by molar-refractivity contribution is 0.305. The zero-order valence-electron chi connectivity index (χ0n) is 8.63. The third-order valence-electron chi connectivity index (χ3n) is 2.18. The van der Waals surface area contributed by atoms with Gasteiger partial charge in [-0.1, -0.05) is 12.1 Å². The molecule has 0 aliphatic carbocycles. The molecule has 0 aliphatic rings. The fourth-order valence-corrected chi connectivity index (χ4v) is 1.30. The Bertz CT molecular complexity index is 400. The van der Waals surface area contributed by atoms with E-state index >= 15 is 0 Å². The van der Waals surface area contributed by atoms with Gasteiger partial charge in [-0.3, -0.25) is 0 Å². The van der Waals surface area contributed by atoms with Crippen LogP contribution in [0.3, 0.4) is 0 Å². The summed E-state index contributed by atoms with van der Waals surface area (Å²) >= 11 is 0.